The zero-order chi connectivity index (χ0) is 29.6. The van der Waals surface area contributed by atoms with Gasteiger partial charge >= 0.3 is 0 Å². The minimum atomic E-state index is -0.698. The highest BCUT2D eigenvalue weighted by Crippen LogP contribution is 2.38. The standard InChI is InChI=1S/C36H27N5O2/c1-40(29-19-9-4-10-20-29)31-22-11-12-23-32(31)41(33(43)25-42)30-21-13-18-28(24-30)36-38-34(26-14-5-2-6-15-26)37-35(39-36)27-16-7-3-8-17-27/h2-25H,1H3. The molecule has 0 aliphatic carbocycles. The number of aromatic nitrogens is 3. The molecule has 0 saturated heterocycles. The second-order valence-corrected chi connectivity index (χ2v) is 9.76. The van der Waals surface area contributed by atoms with Gasteiger partial charge in [0.1, 0.15) is 0 Å². The molecule has 43 heavy (non-hydrogen) atoms. The van der Waals surface area contributed by atoms with E-state index in [1.165, 1.54) is 4.90 Å². The van der Waals surface area contributed by atoms with Crippen molar-refractivity contribution in [3.8, 4) is 34.2 Å². The molecule has 1 heterocycles. The Hall–Kier alpha value is -5.95. The quantitative estimate of drug-likeness (QED) is 0.141. The van der Waals surface area contributed by atoms with Crippen molar-refractivity contribution in [2.45, 2.75) is 0 Å². The summed E-state index contributed by atoms with van der Waals surface area (Å²) >= 11 is 0. The van der Waals surface area contributed by atoms with Crippen molar-refractivity contribution in [3.63, 3.8) is 0 Å². The maximum Gasteiger partial charge on any atom is 0.295 e. The molecule has 0 radical (unpaired) electrons. The number of rotatable bonds is 8. The summed E-state index contributed by atoms with van der Waals surface area (Å²) in [5, 5.41) is 0. The van der Waals surface area contributed by atoms with Crippen molar-refractivity contribution >= 4 is 34.9 Å². The molecule has 5 aromatic carbocycles. The second kappa shape index (κ2) is 12.3. The molecule has 6 aromatic rings. The van der Waals surface area contributed by atoms with Gasteiger partial charge in [0.25, 0.3) is 5.91 Å². The summed E-state index contributed by atoms with van der Waals surface area (Å²) in [4.78, 5) is 43.0. The van der Waals surface area contributed by atoms with Crippen molar-refractivity contribution in [1.82, 2.24) is 15.0 Å². The van der Waals surface area contributed by atoms with Gasteiger partial charge in [0.2, 0.25) is 6.29 Å². The van der Waals surface area contributed by atoms with Gasteiger partial charge in [0.05, 0.1) is 17.1 Å². The summed E-state index contributed by atoms with van der Waals surface area (Å²) in [6, 6.07) is 44.1. The van der Waals surface area contributed by atoms with E-state index in [9.17, 15) is 9.59 Å². The number of hydrogen-bond acceptors (Lipinski definition) is 6. The number of para-hydroxylation sites is 3. The Bertz CT molecular complexity index is 1820. The fraction of sp³-hybridized carbons (Fsp3) is 0.0278. The molecule has 0 aliphatic rings. The maximum absolute atomic E-state index is 13.2. The van der Waals surface area contributed by atoms with E-state index in [1.54, 1.807) is 6.07 Å². The lowest BCUT2D eigenvalue weighted by Gasteiger charge is -2.28. The number of carbonyl (C=O) groups is 2. The van der Waals surface area contributed by atoms with Crippen LogP contribution in [-0.2, 0) is 9.59 Å². The Morgan fingerprint density at radius 3 is 1.53 bits per heavy atom. The monoisotopic (exact) mass is 561 g/mol. The van der Waals surface area contributed by atoms with Crippen molar-refractivity contribution < 1.29 is 9.59 Å². The third-order valence-corrected chi connectivity index (χ3v) is 7.01. The highest BCUT2D eigenvalue weighted by atomic mass is 16.2. The maximum atomic E-state index is 13.2. The Labute approximate surface area is 249 Å². The smallest absolute Gasteiger partial charge is 0.295 e. The van der Waals surface area contributed by atoms with Crippen LogP contribution < -0.4 is 9.80 Å². The lowest BCUT2D eigenvalue weighted by Crippen LogP contribution is -2.28. The average molecular weight is 562 g/mol. The minimum absolute atomic E-state index is 0.329. The van der Waals surface area contributed by atoms with Crippen LogP contribution in [0.5, 0.6) is 0 Å². The molecule has 0 atom stereocenters. The average Bonchev–Trinajstić information content (AvgIpc) is 3.09. The molecule has 0 saturated carbocycles. The van der Waals surface area contributed by atoms with Crippen molar-refractivity contribution in [3.05, 3.63) is 140 Å². The second-order valence-electron chi connectivity index (χ2n) is 9.76. The van der Waals surface area contributed by atoms with E-state index in [0.29, 0.717) is 40.7 Å². The first kappa shape index (κ1) is 27.2. The molecular weight excluding hydrogens is 534 g/mol. The van der Waals surface area contributed by atoms with Crippen LogP contribution in [0.2, 0.25) is 0 Å². The van der Waals surface area contributed by atoms with Crippen LogP contribution >= 0.6 is 0 Å². The van der Waals surface area contributed by atoms with Gasteiger partial charge in [-0.3, -0.25) is 14.5 Å². The minimum Gasteiger partial charge on any atom is -0.343 e. The van der Waals surface area contributed by atoms with E-state index in [-0.39, 0.29) is 0 Å². The number of hydrogen-bond donors (Lipinski definition) is 0. The van der Waals surface area contributed by atoms with E-state index in [0.717, 1.165) is 22.5 Å². The van der Waals surface area contributed by atoms with Crippen molar-refractivity contribution in [2.75, 3.05) is 16.8 Å². The zero-order valence-electron chi connectivity index (χ0n) is 23.4. The van der Waals surface area contributed by atoms with E-state index in [4.69, 9.17) is 15.0 Å². The first-order valence-corrected chi connectivity index (χ1v) is 13.8. The number of amides is 1. The molecule has 0 fully saturated rings. The highest BCUT2D eigenvalue weighted by Gasteiger charge is 2.23. The Morgan fingerprint density at radius 2 is 0.977 bits per heavy atom. The van der Waals surface area contributed by atoms with Gasteiger partial charge in [-0.15, -0.1) is 0 Å². The zero-order valence-corrected chi connectivity index (χ0v) is 23.4. The van der Waals surface area contributed by atoms with Gasteiger partial charge < -0.3 is 4.90 Å². The summed E-state index contributed by atoms with van der Waals surface area (Å²) in [6.07, 6.45) is 0.329. The van der Waals surface area contributed by atoms with Gasteiger partial charge in [0, 0.05) is 29.4 Å². The Balaban J connectivity index is 1.48. The molecule has 7 heteroatoms. The Morgan fingerprint density at radius 1 is 0.535 bits per heavy atom. The predicted octanol–water partition coefficient (Wildman–Crippen LogP) is 7.50. The summed E-state index contributed by atoms with van der Waals surface area (Å²) in [7, 11) is 1.93. The van der Waals surface area contributed by atoms with Crippen LogP contribution in [0.15, 0.2) is 140 Å². The van der Waals surface area contributed by atoms with Crippen molar-refractivity contribution in [2.24, 2.45) is 0 Å². The summed E-state index contributed by atoms with van der Waals surface area (Å²) in [5.74, 6) is 0.815. The van der Waals surface area contributed by atoms with E-state index < -0.39 is 5.91 Å². The third kappa shape index (κ3) is 5.78. The lowest BCUT2D eigenvalue weighted by atomic mass is 10.1. The molecule has 208 valence electrons. The largest absolute Gasteiger partial charge is 0.343 e. The van der Waals surface area contributed by atoms with Crippen LogP contribution in [0.1, 0.15) is 0 Å². The van der Waals surface area contributed by atoms with Crippen LogP contribution in [0.25, 0.3) is 34.2 Å². The number of carbonyl (C=O) groups excluding carboxylic acids is 2. The topological polar surface area (TPSA) is 79.3 Å². The third-order valence-electron chi connectivity index (χ3n) is 7.01. The normalized spacial score (nSPS) is 10.6. The summed E-state index contributed by atoms with van der Waals surface area (Å²) in [6.45, 7) is 0. The van der Waals surface area contributed by atoms with Crippen LogP contribution in [0.3, 0.4) is 0 Å². The van der Waals surface area contributed by atoms with Crippen LogP contribution in [0, 0.1) is 0 Å². The predicted molar refractivity (Wildman–Crippen MR) is 170 cm³/mol. The number of nitrogens with zero attached hydrogens (tertiary/aromatic N) is 5. The van der Waals surface area contributed by atoms with E-state index in [2.05, 4.69) is 0 Å². The van der Waals surface area contributed by atoms with Crippen molar-refractivity contribution in [1.29, 1.82) is 0 Å². The molecule has 0 aliphatic heterocycles. The Kier molecular flexibility index (Phi) is 7.78. The summed E-state index contributed by atoms with van der Waals surface area (Å²) < 4.78 is 0. The first-order chi connectivity index (χ1) is 21.1. The number of aldehydes is 1. The molecule has 7 nitrogen and oxygen atoms in total. The SMILES string of the molecule is CN(c1ccccc1)c1ccccc1N(C(=O)C=O)c1cccc(-c2nc(-c3ccccc3)nc(-c3ccccc3)n2)c1. The van der Waals surface area contributed by atoms with Crippen LogP contribution in [-0.4, -0.2) is 34.2 Å². The highest BCUT2D eigenvalue weighted by molar-refractivity contribution is 6.33. The molecule has 0 unspecified atom stereocenters. The van der Waals surface area contributed by atoms with Gasteiger partial charge in [-0.1, -0.05) is 103 Å². The fourth-order valence-electron chi connectivity index (χ4n) is 4.89. The first-order valence-electron chi connectivity index (χ1n) is 13.8. The molecule has 1 aromatic heterocycles. The molecule has 6 rings (SSSR count). The molecule has 0 spiro atoms. The number of anilines is 4. The fourth-order valence-corrected chi connectivity index (χ4v) is 4.89. The molecule has 0 N–H and O–H groups in total. The molecular formula is C36H27N5O2. The van der Waals surface area contributed by atoms with Gasteiger partial charge in [-0.05, 0) is 36.4 Å². The van der Waals surface area contributed by atoms with Gasteiger partial charge in [0.15, 0.2) is 17.5 Å². The van der Waals surface area contributed by atoms with Gasteiger partial charge in [-0.2, -0.15) is 0 Å². The van der Waals surface area contributed by atoms with Crippen LogP contribution in [0.4, 0.5) is 22.7 Å². The molecule has 0 bridgehead atoms. The van der Waals surface area contributed by atoms with Gasteiger partial charge in [-0.25, -0.2) is 15.0 Å². The number of benzene rings is 5. The summed E-state index contributed by atoms with van der Waals surface area (Å²) in [5.41, 5.74) is 5.15. The van der Waals surface area contributed by atoms with E-state index in [1.807, 2.05) is 145 Å². The van der Waals surface area contributed by atoms with E-state index >= 15 is 0 Å². The molecule has 1 amide bonds. The lowest BCUT2D eigenvalue weighted by molar-refractivity contribution is -0.129.